The van der Waals surface area contributed by atoms with Crippen LogP contribution < -0.4 is 4.74 Å². The molecule has 2 rings (SSSR count). The molecule has 1 aromatic heterocycles. The summed E-state index contributed by atoms with van der Waals surface area (Å²) in [5.41, 5.74) is 1.79. The van der Waals surface area contributed by atoms with E-state index in [1.165, 1.54) is 0 Å². The molecule has 0 saturated carbocycles. The molecule has 0 saturated heterocycles. The van der Waals surface area contributed by atoms with Crippen molar-refractivity contribution < 1.29 is 9.84 Å². The van der Waals surface area contributed by atoms with Crippen LogP contribution >= 0.6 is 0 Å². The van der Waals surface area contributed by atoms with E-state index >= 15 is 0 Å². The molecule has 0 amide bonds. The molecule has 0 aliphatic rings. The molecular formula is C11H13N3O2. The van der Waals surface area contributed by atoms with Crippen molar-refractivity contribution >= 4 is 0 Å². The lowest BCUT2D eigenvalue weighted by Crippen LogP contribution is -2.06. The highest BCUT2D eigenvalue weighted by atomic mass is 16.5. The van der Waals surface area contributed by atoms with Gasteiger partial charge in [0, 0.05) is 0 Å². The summed E-state index contributed by atoms with van der Waals surface area (Å²) in [4.78, 5) is 0. The quantitative estimate of drug-likeness (QED) is 0.827. The van der Waals surface area contributed by atoms with Crippen LogP contribution in [-0.4, -0.2) is 27.2 Å². The third-order valence-corrected chi connectivity index (χ3v) is 2.35. The summed E-state index contributed by atoms with van der Waals surface area (Å²) in [5, 5.41) is 16.7. The predicted octanol–water partition coefficient (Wildman–Crippen LogP) is 0.827. The number of aliphatic hydroxyl groups is 1. The second kappa shape index (κ2) is 4.76. The van der Waals surface area contributed by atoms with Crippen molar-refractivity contribution in [2.45, 2.75) is 13.2 Å². The fraction of sp³-hybridized carbons (Fsp3) is 0.273. The second-order valence-corrected chi connectivity index (χ2v) is 3.39. The number of nitrogens with zero attached hydrogens (tertiary/aromatic N) is 3. The molecule has 0 unspecified atom stereocenters. The minimum absolute atomic E-state index is 0.0524. The first kappa shape index (κ1) is 10.6. The zero-order chi connectivity index (χ0) is 11.4. The lowest BCUT2D eigenvalue weighted by Gasteiger charge is -2.05. The van der Waals surface area contributed by atoms with Crippen molar-refractivity contribution in [1.82, 2.24) is 15.0 Å². The van der Waals surface area contributed by atoms with Crippen molar-refractivity contribution in [1.29, 1.82) is 0 Å². The number of benzene rings is 1. The van der Waals surface area contributed by atoms with Crippen molar-refractivity contribution in [2.24, 2.45) is 0 Å². The summed E-state index contributed by atoms with van der Waals surface area (Å²) in [7, 11) is 1.64. The van der Waals surface area contributed by atoms with E-state index in [2.05, 4.69) is 10.3 Å². The van der Waals surface area contributed by atoms with Gasteiger partial charge in [-0.3, -0.25) is 0 Å². The lowest BCUT2D eigenvalue weighted by molar-refractivity contribution is 0.269. The van der Waals surface area contributed by atoms with Gasteiger partial charge in [0.1, 0.15) is 5.75 Å². The summed E-state index contributed by atoms with van der Waals surface area (Å²) >= 11 is 0. The highest BCUT2D eigenvalue weighted by molar-refractivity contribution is 5.27. The van der Waals surface area contributed by atoms with E-state index in [4.69, 9.17) is 9.84 Å². The Balaban J connectivity index is 2.14. The molecule has 1 heterocycles. The minimum atomic E-state index is -0.0524. The Kier molecular flexibility index (Phi) is 3.16. The molecule has 0 aliphatic heterocycles. The molecule has 0 fully saturated rings. The van der Waals surface area contributed by atoms with E-state index in [0.29, 0.717) is 12.2 Å². The monoisotopic (exact) mass is 219 g/mol. The number of methoxy groups -OCH3 is 1. The highest BCUT2D eigenvalue weighted by Crippen LogP contribution is 2.12. The molecule has 84 valence electrons. The standard InChI is InChI=1S/C11H13N3O2/c1-16-11-4-2-9(3-5-11)7-14-10(8-15)6-12-13-14/h2-6,15H,7-8H2,1H3. The van der Waals surface area contributed by atoms with Gasteiger partial charge in [-0.25, -0.2) is 4.68 Å². The number of hydrogen-bond donors (Lipinski definition) is 1. The van der Waals surface area contributed by atoms with Crippen LogP contribution in [0.2, 0.25) is 0 Å². The van der Waals surface area contributed by atoms with Crippen LogP contribution in [0, 0.1) is 0 Å². The minimum Gasteiger partial charge on any atom is -0.497 e. The molecule has 0 bridgehead atoms. The number of ether oxygens (including phenoxy) is 1. The van der Waals surface area contributed by atoms with Crippen LogP contribution in [0.25, 0.3) is 0 Å². The molecule has 1 aromatic carbocycles. The van der Waals surface area contributed by atoms with Gasteiger partial charge in [-0.05, 0) is 17.7 Å². The molecule has 0 aliphatic carbocycles. The number of hydrogen-bond acceptors (Lipinski definition) is 4. The summed E-state index contributed by atoms with van der Waals surface area (Å²) in [6.07, 6.45) is 1.56. The van der Waals surface area contributed by atoms with E-state index in [9.17, 15) is 0 Å². The maximum absolute atomic E-state index is 9.05. The molecule has 0 atom stereocenters. The van der Waals surface area contributed by atoms with Crippen LogP contribution in [0.5, 0.6) is 5.75 Å². The summed E-state index contributed by atoms with van der Waals surface area (Å²) in [6.45, 7) is 0.545. The van der Waals surface area contributed by atoms with Crippen LogP contribution in [0.4, 0.5) is 0 Å². The van der Waals surface area contributed by atoms with Crippen molar-refractivity contribution in [2.75, 3.05) is 7.11 Å². The second-order valence-electron chi connectivity index (χ2n) is 3.39. The van der Waals surface area contributed by atoms with Crippen molar-refractivity contribution in [3.8, 4) is 5.75 Å². The maximum Gasteiger partial charge on any atom is 0.118 e. The van der Waals surface area contributed by atoms with Crippen LogP contribution in [0.1, 0.15) is 11.3 Å². The Hall–Kier alpha value is -1.88. The average Bonchev–Trinajstić information content (AvgIpc) is 2.77. The number of aliphatic hydroxyl groups excluding tert-OH is 1. The predicted molar refractivity (Wildman–Crippen MR) is 58.0 cm³/mol. The molecule has 5 nitrogen and oxygen atoms in total. The third kappa shape index (κ3) is 2.20. The smallest absolute Gasteiger partial charge is 0.118 e. The van der Waals surface area contributed by atoms with Crippen molar-refractivity contribution in [3.05, 3.63) is 41.7 Å². The molecule has 0 radical (unpaired) electrons. The Bertz CT molecular complexity index is 451. The zero-order valence-corrected chi connectivity index (χ0v) is 9.00. The average molecular weight is 219 g/mol. The summed E-state index contributed by atoms with van der Waals surface area (Å²) < 4.78 is 6.74. The molecule has 0 spiro atoms. The first-order chi connectivity index (χ1) is 7.83. The van der Waals surface area contributed by atoms with Crippen LogP contribution in [0.3, 0.4) is 0 Å². The van der Waals surface area contributed by atoms with Gasteiger partial charge in [-0.1, -0.05) is 17.3 Å². The third-order valence-electron chi connectivity index (χ3n) is 2.35. The number of rotatable bonds is 4. The maximum atomic E-state index is 9.05. The van der Waals surface area contributed by atoms with E-state index < -0.39 is 0 Å². The normalized spacial score (nSPS) is 10.4. The van der Waals surface area contributed by atoms with Gasteiger partial charge in [0.25, 0.3) is 0 Å². The van der Waals surface area contributed by atoms with E-state index in [1.54, 1.807) is 18.0 Å². The summed E-state index contributed by atoms with van der Waals surface area (Å²) in [6, 6.07) is 7.71. The lowest BCUT2D eigenvalue weighted by atomic mass is 10.2. The molecule has 16 heavy (non-hydrogen) atoms. The molecular weight excluding hydrogens is 206 g/mol. The van der Waals surface area contributed by atoms with E-state index in [-0.39, 0.29) is 6.61 Å². The van der Waals surface area contributed by atoms with Gasteiger partial charge in [-0.15, -0.1) is 5.10 Å². The molecule has 2 aromatic rings. The Morgan fingerprint density at radius 3 is 2.69 bits per heavy atom. The Labute approximate surface area is 93.3 Å². The summed E-state index contributed by atoms with van der Waals surface area (Å²) in [5.74, 6) is 0.824. The van der Waals surface area contributed by atoms with Gasteiger partial charge < -0.3 is 9.84 Å². The van der Waals surface area contributed by atoms with Gasteiger partial charge >= 0.3 is 0 Å². The largest absolute Gasteiger partial charge is 0.497 e. The molecule has 1 N–H and O–H groups in total. The Morgan fingerprint density at radius 2 is 2.06 bits per heavy atom. The van der Waals surface area contributed by atoms with Crippen molar-refractivity contribution in [3.63, 3.8) is 0 Å². The number of aromatic nitrogens is 3. The highest BCUT2D eigenvalue weighted by Gasteiger charge is 2.03. The SMILES string of the molecule is COc1ccc(Cn2nncc2CO)cc1. The first-order valence-electron chi connectivity index (χ1n) is 4.94. The van der Waals surface area contributed by atoms with E-state index in [1.807, 2.05) is 24.3 Å². The topological polar surface area (TPSA) is 60.2 Å². The first-order valence-corrected chi connectivity index (χ1v) is 4.94. The van der Waals surface area contributed by atoms with Gasteiger partial charge in [-0.2, -0.15) is 0 Å². The van der Waals surface area contributed by atoms with Gasteiger partial charge in [0.05, 0.1) is 32.2 Å². The van der Waals surface area contributed by atoms with Crippen LogP contribution in [-0.2, 0) is 13.2 Å². The van der Waals surface area contributed by atoms with Gasteiger partial charge in [0.15, 0.2) is 0 Å². The van der Waals surface area contributed by atoms with Gasteiger partial charge in [0.2, 0.25) is 0 Å². The Morgan fingerprint density at radius 1 is 1.31 bits per heavy atom. The zero-order valence-electron chi connectivity index (χ0n) is 9.00. The fourth-order valence-electron chi connectivity index (χ4n) is 1.44. The van der Waals surface area contributed by atoms with E-state index in [0.717, 1.165) is 11.3 Å². The fourth-order valence-corrected chi connectivity index (χ4v) is 1.44. The van der Waals surface area contributed by atoms with Crippen LogP contribution in [0.15, 0.2) is 30.5 Å². The molecule has 5 heteroatoms.